The Morgan fingerprint density at radius 3 is 2.39 bits per heavy atom. The van der Waals surface area contributed by atoms with Gasteiger partial charge in [-0.2, -0.15) is 0 Å². The molecule has 1 fully saturated rings. The van der Waals surface area contributed by atoms with Gasteiger partial charge in [0.05, 0.1) is 35.0 Å². The molecule has 0 bridgehead atoms. The molecule has 1 aliphatic heterocycles. The van der Waals surface area contributed by atoms with E-state index >= 15 is 0 Å². The zero-order chi connectivity index (χ0) is 19.5. The zero-order valence-corrected chi connectivity index (χ0v) is 16.3. The highest BCUT2D eigenvalue weighted by molar-refractivity contribution is 6.38. The number of carbonyl (C=O) groups excluding carboxylic acids is 1. The van der Waals surface area contributed by atoms with Crippen molar-refractivity contribution in [2.24, 2.45) is 0 Å². The van der Waals surface area contributed by atoms with Crippen LogP contribution in [0.4, 0.5) is 11.6 Å². The highest BCUT2D eigenvalue weighted by atomic mass is 35.5. The van der Waals surface area contributed by atoms with Gasteiger partial charge in [0, 0.05) is 24.3 Å². The van der Waals surface area contributed by atoms with E-state index in [0.29, 0.717) is 59.3 Å². The maximum absolute atomic E-state index is 12.5. The van der Waals surface area contributed by atoms with Gasteiger partial charge >= 0.3 is 0 Å². The Labute approximate surface area is 172 Å². The molecule has 0 unspecified atom stereocenters. The van der Waals surface area contributed by atoms with Crippen LogP contribution in [-0.4, -0.2) is 42.1 Å². The number of benzene rings is 2. The van der Waals surface area contributed by atoms with E-state index in [1.165, 1.54) is 0 Å². The summed E-state index contributed by atoms with van der Waals surface area (Å²) < 4.78 is 11.0. The average Bonchev–Trinajstić information content (AvgIpc) is 3.16. The van der Waals surface area contributed by atoms with Gasteiger partial charge in [-0.1, -0.05) is 29.3 Å². The molecule has 1 N–H and O–H groups in total. The van der Waals surface area contributed by atoms with E-state index in [2.05, 4.69) is 10.3 Å². The fourth-order valence-electron chi connectivity index (χ4n) is 2.94. The van der Waals surface area contributed by atoms with E-state index in [0.717, 1.165) is 5.69 Å². The Morgan fingerprint density at radius 1 is 1.04 bits per heavy atom. The van der Waals surface area contributed by atoms with E-state index in [1.807, 2.05) is 12.1 Å². The van der Waals surface area contributed by atoms with E-state index in [-0.39, 0.29) is 5.91 Å². The van der Waals surface area contributed by atoms with Gasteiger partial charge in [0.1, 0.15) is 0 Å². The van der Waals surface area contributed by atoms with Gasteiger partial charge in [-0.05, 0) is 36.4 Å². The number of morpholine rings is 1. The third-order valence-corrected chi connectivity index (χ3v) is 5.01. The Kier molecular flexibility index (Phi) is 5.52. The molecule has 1 aliphatic rings. The van der Waals surface area contributed by atoms with E-state index in [4.69, 9.17) is 32.4 Å². The monoisotopic (exact) mass is 417 g/mol. The second kappa shape index (κ2) is 8.22. The summed E-state index contributed by atoms with van der Waals surface area (Å²) in [6.45, 7) is 2.39. The second-order valence-electron chi connectivity index (χ2n) is 6.23. The van der Waals surface area contributed by atoms with Crippen LogP contribution in [-0.2, 0) is 4.74 Å². The Morgan fingerprint density at radius 2 is 1.71 bits per heavy atom. The molecule has 0 radical (unpaired) electrons. The number of hydrogen-bond acceptors (Lipinski definition) is 5. The maximum atomic E-state index is 12.5. The normalized spacial score (nSPS) is 14.1. The van der Waals surface area contributed by atoms with Crippen LogP contribution in [0.15, 0.2) is 53.1 Å². The van der Waals surface area contributed by atoms with Crippen molar-refractivity contribution in [1.29, 1.82) is 0 Å². The lowest BCUT2D eigenvalue weighted by molar-refractivity contribution is 0.0303. The minimum absolute atomic E-state index is 0.00478. The number of anilines is 2. The number of nitrogens with one attached hydrogen (secondary N) is 1. The highest BCUT2D eigenvalue weighted by Gasteiger charge is 2.18. The lowest BCUT2D eigenvalue weighted by Gasteiger charge is -2.26. The fourth-order valence-corrected chi connectivity index (χ4v) is 3.50. The third-order valence-electron chi connectivity index (χ3n) is 4.38. The summed E-state index contributed by atoms with van der Waals surface area (Å²) in [6.07, 6.45) is 1.56. The lowest BCUT2D eigenvalue weighted by atomic mass is 10.1. The molecule has 28 heavy (non-hydrogen) atoms. The largest absolute Gasteiger partial charge is 0.420 e. The number of nitrogens with zero attached hydrogens (tertiary/aromatic N) is 2. The smallest absolute Gasteiger partial charge is 0.254 e. The average molecular weight is 418 g/mol. The maximum Gasteiger partial charge on any atom is 0.254 e. The molecule has 144 valence electrons. The first-order valence-corrected chi connectivity index (χ1v) is 9.52. The van der Waals surface area contributed by atoms with Crippen LogP contribution < -0.4 is 5.32 Å². The van der Waals surface area contributed by atoms with Crippen molar-refractivity contribution < 1.29 is 13.9 Å². The number of hydrogen-bond donors (Lipinski definition) is 1. The summed E-state index contributed by atoms with van der Waals surface area (Å²) in [5.41, 5.74) is 1.95. The molecular weight excluding hydrogens is 401 g/mol. The molecule has 8 heteroatoms. The summed E-state index contributed by atoms with van der Waals surface area (Å²) in [4.78, 5) is 18.5. The van der Waals surface area contributed by atoms with Crippen molar-refractivity contribution in [2.45, 2.75) is 0 Å². The Bertz CT molecular complexity index is 962. The second-order valence-corrected chi connectivity index (χ2v) is 7.05. The van der Waals surface area contributed by atoms with Crippen LogP contribution >= 0.6 is 23.2 Å². The summed E-state index contributed by atoms with van der Waals surface area (Å²) >= 11 is 12.4. The molecule has 2 aromatic carbocycles. The van der Waals surface area contributed by atoms with E-state index in [1.54, 1.807) is 41.4 Å². The SMILES string of the molecule is O=C(c1ccc(Nc2cnc(-c3c(Cl)cccc3Cl)o2)cc1)N1CCOCC1. The highest BCUT2D eigenvalue weighted by Crippen LogP contribution is 2.35. The van der Waals surface area contributed by atoms with Gasteiger partial charge in [0.15, 0.2) is 0 Å². The molecule has 3 aromatic rings. The van der Waals surface area contributed by atoms with Crippen molar-refractivity contribution in [3.05, 3.63) is 64.3 Å². The number of amides is 1. The molecule has 4 rings (SSSR count). The molecule has 6 nitrogen and oxygen atoms in total. The van der Waals surface area contributed by atoms with Crippen molar-refractivity contribution >= 4 is 40.7 Å². The van der Waals surface area contributed by atoms with Crippen LogP contribution in [0.5, 0.6) is 0 Å². The van der Waals surface area contributed by atoms with Crippen LogP contribution in [0.3, 0.4) is 0 Å². The third kappa shape index (κ3) is 3.99. The first-order valence-electron chi connectivity index (χ1n) is 8.76. The molecule has 0 spiro atoms. The van der Waals surface area contributed by atoms with Gasteiger partial charge in [0.2, 0.25) is 11.8 Å². The summed E-state index contributed by atoms with van der Waals surface area (Å²) in [5.74, 6) is 0.778. The topological polar surface area (TPSA) is 67.6 Å². The van der Waals surface area contributed by atoms with E-state index < -0.39 is 0 Å². The quantitative estimate of drug-likeness (QED) is 0.655. The van der Waals surface area contributed by atoms with Crippen LogP contribution in [0, 0.1) is 0 Å². The molecular formula is C20H17Cl2N3O3. The number of aromatic nitrogens is 1. The van der Waals surface area contributed by atoms with Crippen LogP contribution in [0.25, 0.3) is 11.5 Å². The van der Waals surface area contributed by atoms with Gasteiger partial charge in [-0.25, -0.2) is 4.98 Å². The van der Waals surface area contributed by atoms with Crippen molar-refractivity contribution in [3.63, 3.8) is 0 Å². The number of oxazole rings is 1. The molecule has 0 saturated carbocycles. The van der Waals surface area contributed by atoms with Crippen LogP contribution in [0.2, 0.25) is 10.0 Å². The zero-order valence-electron chi connectivity index (χ0n) is 14.8. The van der Waals surface area contributed by atoms with Gasteiger partial charge in [-0.3, -0.25) is 4.79 Å². The number of halogens is 2. The Balaban J connectivity index is 1.47. The van der Waals surface area contributed by atoms with Gasteiger partial charge in [-0.15, -0.1) is 0 Å². The molecule has 2 heterocycles. The number of ether oxygens (including phenoxy) is 1. The predicted molar refractivity (Wildman–Crippen MR) is 108 cm³/mol. The first-order chi connectivity index (χ1) is 13.6. The standard InChI is InChI=1S/C20H17Cl2N3O3/c21-15-2-1-3-16(22)18(15)19-23-12-17(28-19)24-14-6-4-13(5-7-14)20(26)25-8-10-27-11-9-25/h1-7,12,24H,8-11H2. The summed E-state index contributed by atoms with van der Waals surface area (Å²) in [7, 11) is 0. The predicted octanol–water partition coefficient (Wildman–Crippen LogP) is 4.86. The van der Waals surface area contributed by atoms with Crippen molar-refractivity contribution in [2.75, 3.05) is 31.6 Å². The molecule has 1 amide bonds. The summed E-state index contributed by atoms with van der Waals surface area (Å²) in [5, 5.41) is 4.05. The lowest BCUT2D eigenvalue weighted by Crippen LogP contribution is -2.40. The van der Waals surface area contributed by atoms with Crippen molar-refractivity contribution in [3.8, 4) is 11.5 Å². The molecule has 1 saturated heterocycles. The Hall–Kier alpha value is -2.54. The fraction of sp³-hybridized carbons (Fsp3) is 0.200. The van der Waals surface area contributed by atoms with Crippen LogP contribution in [0.1, 0.15) is 10.4 Å². The number of carbonyl (C=O) groups is 1. The number of rotatable bonds is 4. The van der Waals surface area contributed by atoms with E-state index in [9.17, 15) is 4.79 Å². The summed E-state index contributed by atoms with van der Waals surface area (Å²) in [6, 6.07) is 12.4. The molecule has 0 aliphatic carbocycles. The molecule has 0 atom stereocenters. The van der Waals surface area contributed by atoms with Gasteiger partial charge < -0.3 is 19.4 Å². The van der Waals surface area contributed by atoms with Crippen molar-refractivity contribution in [1.82, 2.24) is 9.88 Å². The minimum Gasteiger partial charge on any atom is -0.420 e. The minimum atomic E-state index is 0.00478. The molecule has 1 aromatic heterocycles. The first kappa shape index (κ1) is 18.8. The van der Waals surface area contributed by atoms with Gasteiger partial charge in [0.25, 0.3) is 5.91 Å².